The molecule has 0 spiro atoms. The monoisotopic (exact) mass is 176 g/mol. The fraction of sp³-hybridized carbons (Fsp3) is 0.100. The molecule has 1 nitrogen and oxygen atoms in total. The summed E-state index contributed by atoms with van der Waals surface area (Å²) in [5, 5.41) is 1.16. The van der Waals surface area contributed by atoms with E-state index in [4.69, 9.17) is 0 Å². The van der Waals surface area contributed by atoms with E-state index in [0.29, 0.717) is 0 Å². The second-order valence-corrected chi connectivity index (χ2v) is 3.92. The van der Waals surface area contributed by atoms with Crippen LogP contribution in [0.4, 0.5) is 0 Å². The zero-order valence-electron chi connectivity index (χ0n) is 6.70. The van der Waals surface area contributed by atoms with Crippen molar-refractivity contribution < 1.29 is 4.79 Å². The number of aldehydes is 1. The molecule has 0 fully saturated rings. The SMILES string of the molecule is Cc1ccc2cc(C=O)sc2c1. The van der Waals surface area contributed by atoms with Crippen LogP contribution >= 0.6 is 11.3 Å². The number of aryl methyl sites for hydroxylation is 1. The molecule has 0 bridgehead atoms. The Morgan fingerprint density at radius 3 is 2.92 bits per heavy atom. The van der Waals surface area contributed by atoms with Gasteiger partial charge in [-0.25, -0.2) is 0 Å². The van der Waals surface area contributed by atoms with Crippen molar-refractivity contribution in [2.75, 3.05) is 0 Å². The van der Waals surface area contributed by atoms with Gasteiger partial charge in [0.15, 0.2) is 6.29 Å². The normalized spacial score (nSPS) is 10.4. The minimum absolute atomic E-state index is 0.801. The number of benzene rings is 1. The van der Waals surface area contributed by atoms with Gasteiger partial charge in [-0.1, -0.05) is 12.1 Å². The molecule has 0 N–H and O–H groups in total. The minimum atomic E-state index is 0.801. The van der Waals surface area contributed by atoms with Crippen LogP contribution < -0.4 is 0 Å². The highest BCUT2D eigenvalue weighted by atomic mass is 32.1. The molecule has 0 aliphatic carbocycles. The number of carbonyl (C=O) groups excluding carboxylic acids is 1. The Labute approximate surface area is 74.6 Å². The van der Waals surface area contributed by atoms with Crippen LogP contribution in [0.3, 0.4) is 0 Å². The molecule has 2 rings (SSSR count). The molecule has 0 saturated heterocycles. The van der Waals surface area contributed by atoms with Gasteiger partial charge in [0.2, 0.25) is 0 Å². The first-order valence-electron chi connectivity index (χ1n) is 3.75. The van der Waals surface area contributed by atoms with Gasteiger partial charge in [-0.15, -0.1) is 11.3 Å². The van der Waals surface area contributed by atoms with E-state index in [1.165, 1.54) is 10.3 Å². The molecule has 2 heteroatoms. The number of carbonyl (C=O) groups is 1. The van der Waals surface area contributed by atoms with Gasteiger partial charge in [0.25, 0.3) is 0 Å². The number of thiophene rings is 1. The molecule has 0 aliphatic heterocycles. The summed E-state index contributed by atoms with van der Waals surface area (Å²) in [6.07, 6.45) is 0.903. The second-order valence-electron chi connectivity index (χ2n) is 2.81. The predicted octanol–water partition coefficient (Wildman–Crippen LogP) is 3.02. The number of hydrogen-bond donors (Lipinski definition) is 0. The maximum atomic E-state index is 10.5. The largest absolute Gasteiger partial charge is 0.297 e. The lowest BCUT2D eigenvalue weighted by molar-refractivity contribution is 0.112. The maximum absolute atomic E-state index is 10.5. The van der Waals surface area contributed by atoms with Crippen molar-refractivity contribution >= 4 is 27.7 Å². The van der Waals surface area contributed by atoms with E-state index in [9.17, 15) is 4.79 Å². The van der Waals surface area contributed by atoms with Crippen molar-refractivity contribution in [3.05, 3.63) is 34.7 Å². The summed E-state index contributed by atoms with van der Waals surface area (Å²) >= 11 is 1.54. The molecule has 0 radical (unpaired) electrons. The zero-order chi connectivity index (χ0) is 8.55. The van der Waals surface area contributed by atoms with Crippen molar-refractivity contribution in [2.45, 2.75) is 6.92 Å². The van der Waals surface area contributed by atoms with E-state index in [-0.39, 0.29) is 0 Å². The first-order valence-corrected chi connectivity index (χ1v) is 4.56. The molecule has 0 aliphatic rings. The number of hydrogen-bond acceptors (Lipinski definition) is 2. The van der Waals surface area contributed by atoms with Crippen molar-refractivity contribution in [2.24, 2.45) is 0 Å². The van der Waals surface area contributed by atoms with Crippen molar-refractivity contribution in [1.29, 1.82) is 0 Å². The van der Waals surface area contributed by atoms with Crippen LogP contribution in [0.2, 0.25) is 0 Å². The van der Waals surface area contributed by atoms with Gasteiger partial charge in [0.1, 0.15) is 0 Å². The highest BCUT2D eigenvalue weighted by Gasteiger charge is 1.99. The first kappa shape index (κ1) is 7.50. The first-order chi connectivity index (χ1) is 5.79. The molecular weight excluding hydrogens is 168 g/mol. The molecule has 0 unspecified atom stereocenters. The molecule has 2 aromatic rings. The Morgan fingerprint density at radius 1 is 1.33 bits per heavy atom. The van der Waals surface area contributed by atoms with Crippen LogP contribution in [-0.4, -0.2) is 6.29 Å². The highest BCUT2D eigenvalue weighted by Crippen LogP contribution is 2.25. The van der Waals surface area contributed by atoms with Gasteiger partial charge in [-0.05, 0) is 30.0 Å². The van der Waals surface area contributed by atoms with Crippen molar-refractivity contribution in [3.63, 3.8) is 0 Å². The standard InChI is InChI=1S/C10H8OS/c1-7-2-3-8-5-9(6-11)12-10(8)4-7/h2-6H,1H3. The van der Waals surface area contributed by atoms with E-state index in [1.54, 1.807) is 11.3 Å². The summed E-state index contributed by atoms with van der Waals surface area (Å²) in [4.78, 5) is 11.3. The van der Waals surface area contributed by atoms with Crippen LogP contribution in [0.25, 0.3) is 10.1 Å². The fourth-order valence-electron chi connectivity index (χ4n) is 1.22. The Balaban J connectivity index is 2.75. The van der Waals surface area contributed by atoms with Crippen LogP contribution in [0, 0.1) is 6.92 Å². The van der Waals surface area contributed by atoms with Gasteiger partial charge >= 0.3 is 0 Å². The van der Waals surface area contributed by atoms with Crippen LogP contribution in [0.15, 0.2) is 24.3 Å². The van der Waals surface area contributed by atoms with Crippen LogP contribution in [-0.2, 0) is 0 Å². The Kier molecular flexibility index (Phi) is 1.70. The quantitative estimate of drug-likeness (QED) is 0.610. The lowest BCUT2D eigenvalue weighted by Gasteiger charge is -1.89. The molecule has 1 heterocycles. The fourth-order valence-corrected chi connectivity index (χ4v) is 2.19. The average molecular weight is 176 g/mol. The molecule has 0 saturated carbocycles. The summed E-state index contributed by atoms with van der Waals surface area (Å²) in [7, 11) is 0. The van der Waals surface area contributed by atoms with Gasteiger partial charge < -0.3 is 0 Å². The van der Waals surface area contributed by atoms with Crippen molar-refractivity contribution in [1.82, 2.24) is 0 Å². The van der Waals surface area contributed by atoms with E-state index in [2.05, 4.69) is 19.1 Å². The van der Waals surface area contributed by atoms with Gasteiger partial charge in [-0.2, -0.15) is 0 Å². The molecule has 1 aromatic heterocycles. The molecule has 60 valence electrons. The third-order valence-electron chi connectivity index (χ3n) is 1.81. The van der Waals surface area contributed by atoms with Crippen molar-refractivity contribution in [3.8, 4) is 0 Å². The summed E-state index contributed by atoms with van der Waals surface area (Å²) in [6, 6.07) is 8.14. The van der Waals surface area contributed by atoms with Gasteiger partial charge in [0.05, 0.1) is 4.88 Å². The Morgan fingerprint density at radius 2 is 2.17 bits per heavy atom. The number of rotatable bonds is 1. The summed E-state index contributed by atoms with van der Waals surface area (Å²) in [5.74, 6) is 0. The van der Waals surface area contributed by atoms with E-state index in [1.807, 2.05) is 12.1 Å². The summed E-state index contributed by atoms with van der Waals surface area (Å²) in [5.41, 5.74) is 1.24. The minimum Gasteiger partial charge on any atom is -0.297 e. The highest BCUT2D eigenvalue weighted by molar-refractivity contribution is 7.20. The van der Waals surface area contributed by atoms with E-state index >= 15 is 0 Å². The van der Waals surface area contributed by atoms with Gasteiger partial charge in [-0.3, -0.25) is 4.79 Å². The molecule has 0 atom stereocenters. The van der Waals surface area contributed by atoms with E-state index < -0.39 is 0 Å². The summed E-state index contributed by atoms with van der Waals surface area (Å²) in [6.45, 7) is 2.06. The molecular formula is C10H8OS. The van der Waals surface area contributed by atoms with Crippen LogP contribution in [0.1, 0.15) is 15.2 Å². The molecule has 12 heavy (non-hydrogen) atoms. The Bertz CT molecular complexity index is 428. The smallest absolute Gasteiger partial charge is 0.160 e. The number of fused-ring (bicyclic) bond motifs is 1. The lowest BCUT2D eigenvalue weighted by atomic mass is 10.2. The third-order valence-corrected chi connectivity index (χ3v) is 2.83. The van der Waals surface area contributed by atoms with Gasteiger partial charge in [0, 0.05) is 4.70 Å². The Hall–Kier alpha value is -1.15. The van der Waals surface area contributed by atoms with Crippen LogP contribution in [0.5, 0.6) is 0 Å². The predicted molar refractivity (Wildman–Crippen MR) is 51.9 cm³/mol. The molecule has 1 aromatic carbocycles. The maximum Gasteiger partial charge on any atom is 0.160 e. The lowest BCUT2D eigenvalue weighted by Crippen LogP contribution is -1.67. The second kappa shape index (κ2) is 2.72. The third kappa shape index (κ3) is 1.14. The average Bonchev–Trinajstić information content (AvgIpc) is 2.46. The topological polar surface area (TPSA) is 17.1 Å². The molecule has 0 amide bonds. The zero-order valence-corrected chi connectivity index (χ0v) is 7.52. The summed E-state index contributed by atoms with van der Waals surface area (Å²) < 4.78 is 1.19. The van der Waals surface area contributed by atoms with E-state index in [0.717, 1.165) is 16.5 Å².